The summed E-state index contributed by atoms with van der Waals surface area (Å²) in [6, 6.07) is 0. The van der Waals surface area contributed by atoms with Crippen LogP contribution in [0.4, 0.5) is 0 Å². The van der Waals surface area contributed by atoms with Crippen molar-refractivity contribution in [1.82, 2.24) is 0 Å². The molecule has 0 amide bonds. The summed E-state index contributed by atoms with van der Waals surface area (Å²) < 4.78 is 12.6. The Balaban J connectivity index is 1.56. The number of hydrogen-bond acceptors (Lipinski definition) is 2. The van der Waals surface area contributed by atoms with Crippen molar-refractivity contribution >= 4 is 0 Å². The summed E-state index contributed by atoms with van der Waals surface area (Å²) in [7, 11) is 0. The third-order valence-corrected chi connectivity index (χ3v) is 5.87. The average molecular weight is 294 g/mol. The number of ether oxygens (including phenoxy) is 2. The van der Waals surface area contributed by atoms with Crippen LogP contribution in [0.1, 0.15) is 90.9 Å². The molecule has 2 atom stereocenters. The number of hydrogen-bond donors (Lipinski definition) is 0. The van der Waals surface area contributed by atoms with Gasteiger partial charge in [0.25, 0.3) is 0 Å². The topological polar surface area (TPSA) is 18.5 Å². The maximum atomic E-state index is 6.28. The van der Waals surface area contributed by atoms with Gasteiger partial charge in [0.05, 0.1) is 12.2 Å². The number of rotatable bonds is 4. The molecule has 3 aliphatic rings. The van der Waals surface area contributed by atoms with Gasteiger partial charge in [0.15, 0.2) is 5.79 Å². The van der Waals surface area contributed by atoms with Gasteiger partial charge in [-0.1, -0.05) is 64.2 Å². The van der Waals surface area contributed by atoms with Gasteiger partial charge in [-0.3, -0.25) is 0 Å². The summed E-state index contributed by atoms with van der Waals surface area (Å²) in [5, 5.41) is 0. The quantitative estimate of drug-likeness (QED) is 0.686. The molecule has 0 N–H and O–H groups in total. The molecule has 2 heteroatoms. The SMILES string of the molecule is CC1(C)O[C@@H](CC2CCCCC2)[C@H](CC2CCCCC2)O1. The molecule has 2 aliphatic carbocycles. The molecule has 3 rings (SSSR count). The first kappa shape index (κ1) is 15.8. The Morgan fingerprint density at radius 3 is 1.43 bits per heavy atom. The van der Waals surface area contributed by atoms with Gasteiger partial charge >= 0.3 is 0 Å². The van der Waals surface area contributed by atoms with Crippen molar-refractivity contribution in [3.8, 4) is 0 Å². The molecule has 21 heavy (non-hydrogen) atoms. The van der Waals surface area contributed by atoms with Crippen LogP contribution in [0.3, 0.4) is 0 Å². The maximum absolute atomic E-state index is 6.28. The van der Waals surface area contributed by atoms with E-state index in [2.05, 4.69) is 13.8 Å². The van der Waals surface area contributed by atoms with Gasteiger partial charge in [-0.2, -0.15) is 0 Å². The minimum absolute atomic E-state index is 0.352. The third kappa shape index (κ3) is 4.45. The minimum Gasteiger partial charge on any atom is -0.345 e. The molecule has 1 heterocycles. The fourth-order valence-electron chi connectivity index (χ4n) is 4.81. The molecular weight excluding hydrogens is 260 g/mol. The average Bonchev–Trinajstić information content (AvgIpc) is 2.75. The Bertz CT molecular complexity index is 284. The molecule has 1 aliphatic heterocycles. The van der Waals surface area contributed by atoms with Crippen molar-refractivity contribution in [2.75, 3.05) is 0 Å². The van der Waals surface area contributed by atoms with Crippen LogP contribution >= 0.6 is 0 Å². The molecule has 122 valence electrons. The van der Waals surface area contributed by atoms with Crippen LogP contribution < -0.4 is 0 Å². The zero-order valence-electron chi connectivity index (χ0n) is 14.1. The van der Waals surface area contributed by atoms with Gasteiger partial charge in [-0.15, -0.1) is 0 Å². The zero-order chi connectivity index (χ0) is 14.7. The van der Waals surface area contributed by atoms with E-state index < -0.39 is 0 Å². The second-order valence-corrected chi connectivity index (χ2v) is 8.19. The second kappa shape index (κ2) is 7.00. The smallest absolute Gasteiger partial charge is 0.163 e. The zero-order valence-corrected chi connectivity index (χ0v) is 14.1. The van der Waals surface area contributed by atoms with Crippen LogP contribution in [0, 0.1) is 11.8 Å². The fraction of sp³-hybridized carbons (Fsp3) is 1.00. The molecule has 0 unspecified atom stereocenters. The second-order valence-electron chi connectivity index (χ2n) is 8.19. The first-order chi connectivity index (χ1) is 10.1. The standard InChI is InChI=1S/C19H34O2/c1-19(2)20-17(13-15-9-5-3-6-10-15)18(21-19)14-16-11-7-4-8-12-16/h15-18H,3-14H2,1-2H3/t17-,18-/m0/s1. The van der Waals surface area contributed by atoms with Gasteiger partial charge in [0, 0.05) is 0 Å². The Kier molecular flexibility index (Phi) is 5.27. The highest BCUT2D eigenvalue weighted by atomic mass is 16.7. The molecule has 0 radical (unpaired) electrons. The normalized spacial score (nSPS) is 35.1. The predicted octanol–water partition coefficient (Wildman–Crippen LogP) is 5.45. The lowest BCUT2D eigenvalue weighted by molar-refractivity contribution is -0.149. The lowest BCUT2D eigenvalue weighted by Crippen LogP contribution is -2.29. The molecule has 3 fully saturated rings. The summed E-state index contributed by atoms with van der Waals surface area (Å²) >= 11 is 0. The first-order valence-electron chi connectivity index (χ1n) is 9.48. The molecular formula is C19H34O2. The highest BCUT2D eigenvalue weighted by molar-refractivity contribution is 4.86. The van der Waals surface area contributed by atoms with Crippen molar-refractivity contribution in [3.63, 3.8) is 0 Å². The highest BCUT2D eigenvalue weighted by Crippen LogP contribution is 2.39. The van der Waals surface area contributed by atoms with E-state index in [1.54, 1.807) is 0 Å². The van der Waals surface area contributed by atoms with E-state index in [1.165, 1.54) is 77.0 Å². The monoisotopic (exact) mass is 294 g/mol. The van der Waals surface area contributed by atoms with E-state index in [0.717, 1.165) is 11.8 Å². The van der Waals surface area contributed by atoms with E-state index >= 15 is 0 Å². The van der Waals surface area contributed by atoms with E-state index in [1.807, 2.05) is 0 Å². The van der Waals surface area contributed by atoms with Crippen molar-refractivity contribution in [2.24, 2.45) is 11.8 Å². The van der Waals surface area contributed by atoms with Crippen molar-refractivity contribution in [2.45, 2.75) is 109 Å². The Morgan fingerprint density at radius 1 is 0.667 bits per heavy atom. The Morgan fingerprint density at radius 2 is 1.05 bits per heavy atom. The molecule has 0 aromatic rings. The van der Waals surface area contributed by atoms with Crippen molar-refractivity contribution in [3.05, 3.63) is 0 Å². The molecule has 1 saturated heterocycles. The minimum atomic E-state index is -0.362. The first-order valence-corrected chi connectivity index (χ1v) is 9.48. The predicted molar refractivity (Wildman–Crippen MR) is 86.2 cm³/mol. The van der Waals surface area contributed by atoms with Gasteiger partial charge < -0.3 is 9.47 Å². The van der Waals surface area contributed by atoms with E-state index in [-0.39, 0.29) is 5.79 Å². The Hall–Kier alpha value is -0.0800. The summed E-state index contributed by atoms with van der Waals surface area (Å²) in [6.07, 6.45) is 17.4. The van der Waals surface area contributed by atoms with Crippen molar-refractivity contribution < 1.29 is 9.47 Å². The summed E-state index contributed by atoms with van der Waals surface area (Å²) in [4.78, 5) is 0. The van der Waals surface area contributed by atoms with Crippen LogP contribution in [-0.2, 0) is 9.47 Å². The summed E-state index contributed by atoms with van der Waals surface area (Å²) in [5.74, 6) is 1.41. The van der Waals surface area contributed by atoms with E-state index in [0.29, 0.717) is 12.2 Å². The van der Waals surface area contributed by atoms with Crippen LogP contribution in [0.2, 0.25) is 0 Å². The van der Waals surface area contributed by atoms with Gasteiger partial charge in [-0.25, -0.2) is 0 Å². The maximum Gasteiger partial charge on any atom is 0.163 e. The lowest BCUT2D eigenvalue weighted by Gasteiger charge is -2.29. The molecule has 0 bridgehead atoms. The molecule has 0 spiro atoms. The molecule has 0 aromatic heterocycles. The van der Waals surface area contributed by atoms with Crippen molar-refractivity contribution in [1.29, 1.82) is 0 Å². The van der Waals surface area contributed by atoms with Crippen LogP contribution in [0.25, 0.3) is 0 Å². The third-order valence-electron chi connectivity index (χ3n) is 5.87. The van der Waals surface area contributed by atoms with Gasteiger partial charge in [0.2, 0.25) is 0 Å². The summed E-state index contributed by atoms with van der Waals surface area (Å²) in [5.41, 5.74) is 0. The van der Waals surface area contributed by atoms with Crippen LogP contribution in [-0.4, -0.2) is 18.0 Å². The molecule has 2 saturated carbocycles. The largest absolute Gasteiger partial charge is 0.345 e. The molecule has 2 nitrogen and oxygen atoms in total. The van der Waals surface area contributed by atoms with Gasteiger partial charge in [0.1, 0.15) is 0 Å². The van der Waals surface area contributed by atoms with Crippen LogP contribution in [0.15, 0.2) is 0 Å². The lowest BCUT2D eigenvalue weighted by atomic mass is 9.81. The van der Waals surface area contributed by atoms with E-state index in [9.17, 15) is 0 Å². The fourth-order valence-corrected chi connectivity index (χ4v) is 4.81. The highest BCUT2D eigenvalue weighted by Gasteiger charge is 2.42. The van der Waals surface area contributed by atoms with Gasteiger partial charge in [-0.05, 0) is 38.5 Å². The Labute approximate surface area is 131 Å². The van der Waals surface area contributed by atoms with Crippen LogP contribution in [0.5, 0.6) is 0 Å². The summed E-state index contributed by atoms with van der Waals surface area (Å²) in [6.45, 7) is 4.20. The molecule has 0 aromatic carbocycles. The van der Waals surface area contributed by atoms with E-state index in [4.69, 9.17) is 9.47 Å².